The van der Waals surface area contributed by atoms with E-state index in [-0.39, 0.29) is 0 Å². The first-order chi connectivity index (χ1) is 8.47. The molecule has 0 unspecified atom stereocenters. The lowest BCUT2D eigenvalue weighted by Crippen LogP contribution is -2.24. The van der Waals surface area contributed by atoms with E-state index in [0.29, 0.717) is 35.1 Å². The maximum atomic E-state index is 11.4. The quantitative estimate of drug-likeness (QED) is 0.607. The molecular formula is C12H18ClN3O2. The first kappa shape index (κ1) is 14.6. The number of methoxy groups -OCH3 is 1. The summed E-state index contributed by atoms with van der Waals surface area (Å²) in [5.41, 5.74) is 12.4. The third-order valence-electron chi connectivity index (χ3n) is 2.57. The Labute approximate surface area is 112 Å². The van der Waals surface area contributed by atoms with E-state index >= 15 is 0 Å². The average Bonchev–Trinajstić information content (AvgIpc) is 2.27. The highest BCUT2D eigenvalue weighted by molar-refractivity contribution is 6.34. The number of carbonyl (C=O) groups excluding carboxylic acids is 1. The van der Waals surface area contributed by atoms with E-state index in [2.05, 4.69) is 0 Å². The van der Waals surface area contributed by atoms with Gasteiger partial charge in [0.1, 0.15) is 0 Å². The van der Waals surface area contributed by atoms with E-state index in [4.69, 9.17) is 27.8 Å². The fourth-order valence-electron chi connectivity index (χ4n) is 1.75. The molecule has 4 N–H and O–H groups in total. The van der Waals surface area contributed by atoms with Crippen molar-refractivity contribution in [2.75, 3.05) is 37.9 Å². The summed E-state index contributed by atoms with van der Waals surface area (Å²) in [6.45, 7) is 1.35. The van der Waals surface area contributed by atoms with Crippen molar-refractivity contribution >= 4 is 28.9 Å². The number of nitrogens with zero attached hydrogens (tertiary/aromatic N) is 1. The molecule has 1 amide bonds. The van der Waals surface area contributed by atoms with Gasteiger partial charge in [-0.15, -0.1) is 0 Å². The van der Waals surface area contributed by atoms with Gasteiger partial charge in [-0.05, 0) is 18.6 Å². The average molecular weight is 272 g/mol. The monoisotopic (exact) mass is 271 g/mol. The molecule has 1 aromatic rings. The van der Waals surface area contributed by atoms with Gasteiger partial charge in [-0.1, -0.05) is 11.6 Å². The first-order valence-corrected chi connectivity index (χ1v) is 5.94. The molecule has 1 aromatic carbocycles. The summed E-state index contributed by atoms with van der Waals surface area (Å²) in [6.07, 6.45) is 0.825. The second-order valence-corrected chi connectivity index (χ2v) is 4.44. The smallest absolute Gasteiger partial charge is 0.250 e. The van der Waals surface area contributed by atoms with Gasteiger partial charge in [0.25, 0.3) is 5.91 Å². The normalized spacial score (nSPS) is 10.4. The Hall–Kier alpha value is -1.46. The highest BCUT2D eigenvalue weighted by Crippen LogP contribution is 2.31. The molecule has 0 aliphatic heterocycles. The topological polar surface area (TPSA) is 81.6 Å². The van der Waals surface area contributed by atoms with Crippen LogP contribution in [0, 0.1) is 0 Å². The first-order valence-electron chi connectivity index (χ1n) is 5.56. The maximum absolute atomic E-state index is 11.4. The van der Waals surface area contributed by atoms with Crippen LogP contribution in [0.1, 0.15) is 16.8 Å². The predicted molar refractivity (Wildman–Crippen MR) is 74.1 cm³/mol. The van der Waals surface area contributed by atoms with Gasteiger partial charge in [0, 0.05) is 33.0 Å². The molecule has 0 saturated carbocycles. The van der Waals surface area contributed by atoms with Crippen molar-refractivity contribution in [1.82, 2.24) is 0 Å². The predicted octanol–water partition coefficient (Wildman–Crippen LogP) is 1.49. The van der Waals surface area contributed by atoms with E-state index in [1.165, 1.54) is 6.07 Å². The maximum Gasteiger partial charge on any atom is 0.250 e. The van der Waals surface area contributed by atoms with Crippen molar-refractivity contribution in [3.05, 3.63) is 22.7 Å². The Morgan fingerprint density at radius 3 is 2.72 bits per heavy atom. The Balaban J connectivity index is 3.02. The van der Waals surface area contributed by atoms with Gasteiger partial charge in [0.15, 0.2) is 0 Å². The summed E-state index contributed by atoms with van der Waals surface area (Å²) in [5.74, 6) is -0.544. The van der Waals surface area contributed by atoms with Crippen LogP contribution in [0.5, 0.6) is 0 Å². The number of nitrogens with two attached hydrogens (primary N) is 2. The lowest BCUT2D eigenvalue weighted by Gasteiger charge is -2.23. The number of carbonyl (C=O) groups is 1. The zero-order chi connectivity index (χ0) is 13.7. The largest absolute Gasteiger partial charge is 0.399 e. The summed E-state index contributed by atoms with van der Waals surface area (Å²) < 4.78 is 4.98. The third kappa shape index (κ3) is 3.51. The van der Waals surface area contributed by atoms with Gasteiger partial charge in [-0.2, -0.15) is 0 Å². The molecule has 0 radical (unpaired) electrons. The van der Waals surface area contributed by atoms with Crippen molar-refractivity contribution in [2.45, 2.75) is 6.42 Å². The number of primary amides is 1. The molecule has 0 saturated heterocycles. The number of hydrogen-bond donors (Lipinski definition) is 2. The molecule has 0 aliphatic carbocycles. The highest BCUT2D eigenvalue weighted by atomic mass is 35.5. The van der Waals surface area contributed by atoms with Crippen molar-refractivity contribution < 1.29 is 9.53 Å². The Morgan fingerprint density at radius 1 is 1.50 bits per heavy atom. The van der Waals surface area contributed by atoms with Crippen LogP contribution in [-0.2, 0) is 4.74 Å². The van der Waals surface area contributed by atoms with Crippen LogP contribution in [0.25, 0.3) is 0 Å². The number of anilines is 2. The molecule has 100 valence electrons. The fourth-order valence-corrected chi connectivity index (χ4v) is 2.13. The Kier molecular flexibility index (Phi) is 5.25. The minimum atomic E-state index is -0.544. The van der Waals surface area contributed by atoms with Gasteiger partial charge >= 0.3 is 0 Å². The molecular weight excluding hydrogens is 254 g/mol. The van der Waals surface area contributed by atoms with Gasteiger partial charge in [-0.25, -0.2) is 0 Å². The minimum Gasteiger partial charge on any atom is -0.399 e. The van der Waals surface area contributed by atoms with Gasteiger partial charge in [-0.3, -0.25) is 4.79 Å². The minimum absolute atomic E-state index is 0.333. The van der Waals surface area contributed by atoms with E-state index in [0.717, 1.165) is 6.42 Å². The summed E-state index contributed by atoms with van der Waals surface area (Å²) in [5, 5.41) is 0.420. The summed E-state index contributed by atoms with van der Waals surface area (Å²) in [4.78, 5) is 13.3. The molecule has 0 heterocycles. The SMILES string of the molecule is COCCCN(C)c1c(Cl)cc(N)cc1C(N)=O. The molecule has 0 aromatic heterocycles. The molecule has 0 bridgehead atoms. The van der Waals surface area contributed by atoms with Crippen LogP contribution in [0.15, 0.2) is 12.1 Å². The van der Waals surface area contributed by atoms with E-state index in [1.54, 1.807) is 13.2 Å². The number of rotatable bonds is 6. The summed E-state index contributed by atoms with van der Waals surface area (Å²) in [6, 6.07) is 3.15. The van der Waals surface area contributed by atoms with Crippen molar-refractivity contribution in [3.8, 4) is 0 Å². The van der Waals surface area contributed by atoms with Crippen LogP contribution in [0.2, 0.25) is 5.02 Å². The molecule has 0 fully saturated rings. The van der Waals surface area contributed by atoms with Crippen LogP contribution in [-0.4, -0.2) is 33.2 Å². The van der Waals surface area contributed by atoms with Crippen LogP contribution in [0.3, 0.4) is 0 Å². The standard InChI is InChI=1S/C12H18ClN3O2/c1-16(4-3-5-18-2)11-9(12(15)17)6-8(14)7-10(11)13/h6-7H,3-5,14H2,1-2H3,(H2,15,17). The molecule has 0 atom stereocenters. The van der Waals surface area contributed by atoms with Gasteiger partial charge < -0.3 is 21.1 Å². The third-order valence-corrected chi connectivity index (χ3v) is 2.86. The molecule has 0 aliphatic rings. The molecule has 1 rings (SSSR count). The van der Waals surface area contributed by atoms with Crippen LogP contribution in [0.4, 0.5) is 11.4 Å². The molecule has 18 heavy (non-hydrogen) atoms. The zero-order valence-corrected chi connectivity index (χ0v) is 11.3. The van der Waals surface area contributed by atoms with Crippen LogP contribution >= 0.6 is 11.6 Å². The summed E-state index contributed by atoms with van der Waals surface area (Å²) >= 11 is 6.13. The Morgan fingerprint density at radius 2 is 2.17 bits per heavy atom. The summed E-state index contributed by atoms with van der Waals surface area (Å²) in [7, 11) is 3.49. The van der Waals surface area contributed by atoms with Crippen molar-refractivity contribution in [3.63, 3.8) is 0 Å². The van der Waals surface area contributed by atoms with Crippen LogP contribution < -0.4 is 16.4 Å². The lowest BCUT2D eigenvalue weighted by molar-refractivity contribution is 0.100. The zero-order valence-electron chi connectivity index (χ0n) is 10.6. The molecule has 6 heteroatoms. The number of halogens is 1. The second kappa shape index (κ2) is 6.47. The Bertz CT molecular complexity index is 438. The lowest BCUT2D eigenvalue weighted by atomic mass is 10.1. The number of amides is 1. The van der Waals surface area contributed by atoms with E-state index < -0.39 is 5.91 Å². The molecule has 0 spiro atoms. The number of nitrogen functional groups attached to an aromatic ring is 1. The van der Waals surface area contributed by atoms with E-state index in [1.807, 2.05) is 11.9 Å². The van der Waals surface area contributed by atoms with E-state index in [9.17, 15) is 4.79 Å². The fraction of sp³-hybridized carbons (Fsp3) is 0.417. The number of benzene rings is 1. The van der Waals surface area contributed by atoms with Crippen molar-refractivity contribution in [2.24, 2.45) is 5.73 Å². The van der Waals surface area contributed by atoms with Gasteiger partial charge in [0.2, 0.25) is 0 Å². The second-order valence-electron chi connectivity index (χ2n) is 4.03. The highest BCUT2D eigenvalue weighted by Gasteiger charge is 2.16. The van der Waals surface area contributed by atoms with Crippen molar-refractivity contribution in [1.29, 1.82) is 0 Å². The molecule has 5 nitrogen and oxygen atoms in total. The number of hydrogen-bond acceptors (Lipinski definition) is 4. The van der Waals surface area contributed by atoms with Gasteiger partial charge in [0.05, 0.1) is 16.3 Å². The number of ether oxygens (including phenoxy) is 1.